The van der Waals surface area contributed by atoms with Gasteiger partial charge in [-0.2, -0.15) is 0 Å². The molecule has 0 spiro atoms. The molecule has 26 heavy (non-hydrogen) atoms. The van der Waals surface area contributed by atoms with E-state index < -0.39 is 0 Å². The Labute approximate surface area is 151 Å². The Morgan fingerprint density at radius 2 is 1.92 bits per heavy atom. The van der Waals surface area contributed by atoms with Gasteiger partial charge in [-0.15, -0.1) is 5.10 Å². The Morgan fingerprint density at radius 1 is 1.19 bits per heavy atom. The van der Waals surface area contributed by atoms with Gasteiger partial charge in [-0.1, -0.05) is 0 Å². The molecule has 138 valence electrons. The van der Waals surface area contributed by atoms with Gasteiger partial charge in [0.15, 0.2) is 5.82 Å². The van der Waals surface area contributed by atoms with Gasteiger partial charge >= 0.3 is 0 Å². The molecule has 2 fully saturated rings. The number of hydrogen-bond donors (Lipinski definition) is 1. The Hall–Kier alpha value is -2.52. The molecule has 4 atom stereocenters. The number of anilines is 1. The Balaban J connectivity index is 1.57. The molecule has 0 aliphatic carbocycles. The number of tetrazole rings is 1. The maximum absolute atomic E-state index is 11.3. The highest BCUT2D eigenvalue weighted by molar-refractivity contribution is 5.73. The summed E-state index contributed by atoms with van der Waals surface area (Å²) in [4.78, 5) is 13.4. The molecule has 1 aromatic carbocycles. The molecule has 4 unspecified atom stereocenters. The van der Waals surface area contributed by atoms with Gasteiger partial charge in [-0.05, 0) is 34.7 Å². The molecule has 2 saturated heterocycles. The zero-order valence-corrected chi connectivity index (χ0v) is 15.0. The number of carbonyl (C=O) groups excluding carboxylic acids is 1. The number of nitrogens with one attached hydrogen (secondary N) is 1. The summed E-state index contributed by atoms with van der Waals surface area (Å²) < 4.78 is 13.6. The average molecular weight is 358 g/mol. The maximum Gasteiger partial charge on any atom is 0.217 e. The molecule has 1 aromatic heterocycles. The van der Waals surface area contributed by atoms with Gasteiger partial charge in [0.05, 0.1) is 19.3 Å². The summed E-state index contributed by atoms with van der Waals surface area (Å²) in [5, 5.41) is 15.1. The van der Waals surface area contributed by atoms with Crippen LogP contribution in [0.1, 0.15) is 13.0 Å². The van der Waals surface area contributed by atoms with Gasteiger partial charge in [0.1, 0.15) is 18.2 Å². The van der Waals surface area contributed by atoms with Crippen molar-refractivity contribution in [2.24, 2.45) is 0 Å². The summed E-state index contributed by atoms with van der Waals surface area (Å²) in [6, 6.07) is 7.79. The van der Waals surface area contributed by atoms with Crippen LogP contribution in [-0.4, -0.2) is 71.7 Å². The fraction of sp³-hybridized carbons (Fsp3) is 0.529. The molecule has 9 nitrogen and oxygen atoms in total. The maximum atomic E-state index is 11.3. The molecular weight excluding hydrogens is 336 g/mol. The number of nitrogens with zero attached hydrogens (tertiary/aromatic N) is 5. The van der Waals surface area contributed by atoms with Crippen molar-refractivity contribution in [2.75, 3.05) is 32.2 Å². The SMILES string of the molecule is CC(=O)NC1COC2C1OCC2n1nnnc1-c1ccc(N(C)C)cc1. The van der Waals surface area contributed by atoms with Gasteiger partial charge in [-0.3, -0.25) is 4.79 Å². The first-order chi connectivity index (χ1) is 12.5. The van der Waals surface area contributed by atoms with Crippen molar-refractivity contribution in [3.05, 3.63) is 24.3 Å². The molecule has 2 aliphatic rings. The van der Waals surface area contributed by atoms with Gasteiger partial charge < -0.3 is 19.7 Å². The third-order valence-electron chi connectivity index (χ3n) is 4.86. The van der Waals surface area contributed by atoms with Gasteiger partial charge in [0.2, 0.25) is 5.91 Å². The lowest BCUT2D eigenvalue weighted by Crippen LogP contribution is -2.43. The van der Waals surface area contributed by atoms with Crippen LogP contribution >= 0.6 is 0 Å². The number of aromatic nitrogens is 4. The molecule has 1 N–H and O–H groups in total. The Morgan fingerprint density at radius 3 is 2.62 bits per heavy atom. The van der Waals surface area contributed by atoms with Crippen molar-refractivity contribution < 1.29 is 14.3 Å². The van der Waals surface area contributed by atoms with Gasteiger partial charge in [-0.25, -0.2) is 4.68 Å². The predicted molar refractivity (Wildman–Crippen MR) is 93.7 cm³/mol. The zero-order valence-electron chi connectivity index (χ0n) is 15.0. The monoisotopic (exact) mass is 358 g/mol. The van der Waals surface area contributed by atoms with E-state index in [0.717, 1.165) is 11.3 Å². The quantitative estimate of drug-likeness (QED) is 0.837. The van der Waals surface area contributed by atoms with Crippen LogP contribution in [0.25, 0.3) is 11.4 Å². The van der Waals surface area contributed by atoms with Crippen LogP contribution < -0.4 is 10.2 Å². The molecule has 9 heteroatoms. The fourth-order valence-corrected chi connectivity index (χ4v) is 3.59. The minimum atomic E-state index is -0.185. The molecule has 2 aliphatic heterocycles. The molecule has 0 bridgehead atoms. The van der Waals surface area contributed by atoms with Crippen molar-refractivity contribution in [1.29, 1.82) is 0 Å². The number of benzene rings is 1. The lowest BCUT2D eigenvalue weighted by molar-refractivity contribution is -0.120. The van der Waals surface area contributed by atoms with Crippen molar-refractivity contribution >= 4 is 11.6 Å². The number of amides is 1. The first-order valence-corrected chi connectivity index (χ1v) is 8.60. The summed E-state index contributed by atoms with van der Waals surface area (Å²) in [5.41, 5.74) is 2.04. The Kier molecular flexibility index (Phi) is 4.33. The van der Waals surface area contributed by atoms with Crippen LogP contribution in [0.2, 0.25) is 0 Å². The van der Waals surface area contributed by atoms with Gasteiger partial charge in [0.25, 0.3) is 0 Å². The largest absolute Gasteiger partial charge is 0.378 e. The molecule has 4 rings (SSSR count). The minimum absolute atomic E-state index is 0.0876. The predicted octanol–water partition coefficient (Wildman–Crippen LogP) is 0.250. The van der Waals surface area contributed by atoms with Crippen LogP contribution in [0, 0.1) is 0 Å². The van der Waals surface area contributed by atoms with Gasteiger partial charge in [0, 0.05) is 32.3 Å². The van der Waals surface area contributed by atoms with E-state index in [4.69, 9.17) is 9.47 Å². The highest BCUT2D eigenvalue weighted by Crippen LogP contribution is 2.35. The third kappa shape index (κ3) is 2.93. The smallest absolute Gasteiger partial charge is 0.217 e. The van der Waals surface area contributed by atoms with E-state index in [9.17, 15) is 4.79 Å². The molecule has 1 amide bonds. The Bertz CT molecular complexity index is 790. The van der Waals surface area contributed by atoms with Crippen LogP contribution in [-0.2, 0) is 14.3 Å². The van der Waals surface area contributed by atoms with Crippen molar-refractivity contribution in [3.63, 3.8) is 0 Å². The number of rotatable bonds is 4. The summed E-state index contributed by atoms with van der Waals surface area (Å²) >= 11 is 0. The summed E-state index contributed by atoms with van der Waals surface area (Å²) in [5.74, 6) is 0.589. The van der Waals surface area contributed by atoms with E-state index in [1.54, 1.807) is 4.68 Å². The molecule has 2 aromatic rings. The number of carbonyl (C=O) groups is 1. The van der Waals surface area contributed by atoms with Crippen LogP contribution in [0.3, 0.4) is 0 Å². The lowest BCUT2D eigenvalue weighted by atomic mass is 10.1. The second kappa shape index (κ2) is 6.65. The standard InChI is InChI=1S/C17H22N6O3/c1-10(24)18-13-8-25-16-14(9-26-15(13)16)23-17(19-20-21-23)11-4-6-12(7-5-11)22(2)3/h4-7,13-16H,8-9H2,1-3H3,(H,18,24). The fourth-order valence-electron chi connectivity index (χ4n) is 3.59. The van der Waals surface area contributed by atoms with Crippen LogP contribution in [0.5, 0.6) is 0 Å². The molecular formula is C17H22N6O3. The normalized spacial score (nSPS) is 27.3. The summed E-state index contributed by atoms with van der Waals surface area (Å²) in [6.45, 7) is 2.37. The first kappa shape index (κ1) is 16.9. The van der Waals surface area contributed by atoms with Crippen molar-refractivity contribution in [3.8, 4) is 11.4 Å². The second-order valence-corrected chi connectivity index (χ2v) is 6.86. The number of ether oxygens (including phenoxy) is 2. The minimum Gasteiger partial charge on any atom is -0.378 e. The van der Waals surface area contributed by atoms with E-state index in [1.165, 1.54) is 6.92 Å². The first-order valence-electron chi connectivity index (χ1n) is 8.60. The van der Waals surface area contributed by atoms with E-state index in [1.807, 2.05) is 43.3 Å². The van der Waals surface area contributed by atoms with E-state index in [0.29, 0.717) is 19.0 Å². The summed E-state index contributed by atoms with van der Waals surface area (Å²) in [6.07, 6.45) is -0.368. The topological polar surface area (TPSA) is 94.4 Å². The van der Waals surface area contributed by atoms with Crippen LogP contribution in [0.4, 0.5) is 5.69 Å². The highest BCUT2D eigenvalue weighted by Gasteiger charge is 2.49. The second-order valence-electron chi connectivity index (χ2n) is 6.86. The zero-order chi connectivity index (χ0) is 18.3. The number of fused-ring (bicyclic) bond motifs is 1. The molecule has 3 heterocycles. The summed E-state index contributed by atoms with van der Waals surface area (Å²) in [7, 11) is 4.00. The third-order valence-corrected chi connectivity index (χ3v) is 4.86. The molecule has 0 radical (unpaired) electrons. The van der Waals surface area contributed by atoms with E-state index in [-0.39, 0.29) is 30.2 Å². The lowest BCUT2D eigenvalue weighted by Gasteiger charge is -2.18. The number of hydrogen-bond acceptors (Lipinski definition) is 7. The van der Waals surface area contributed by atoms with E-state index in [2.05, 4.69) is 20.8 Å². The van der Waals surface area contributed by atoms with Crippen molar-refractivity contribution in [2.45, 2.75) is 31.2 Å². The average Bonchev–Trinajstić information content (AvgIpc) is 3.31. The molecule has 0 saturated carbocycles. The highest BCUT2D eigenvalue weighted by atomic mass is 16.6. The van der Waals surface area contributed by atoms with E-state index >= 15 is 0 Å². The van der Waals surface area contributed by atoms with Crippen molar-refractivity contribution in [1.82, 2.24) is 25.5 Å². The van der Waals surface area contributed by atoms with Crippen LogP contribution in [0.15, 0.2) is 24.3 Å².